The number of ether oxygens (including phenoxy) is 2. The fourth-order valence-electron chi connectivity index (χ4n) is 3.24. The molecule has 7 heteroatoms. The molecule has 0 unspecified atom stereocenters. The lowest BCUT2D eigenvalue weighted by Crippen LogP contribution is -2.41. The van der Waals surface area contributed by atoms with Gasteiger partial charge in [0, 0.05) is 5.56 Å². The summed E-state index contributed by atoms with van der Waals surface area (Å²) >= 11 is 3.45. The zero-order chi connectivity index (χ0) is 24.2. The number of halogens is 1. The first kappa shape index (κ1) is 25.3. The van der Waals surface area contributed by atoms with Crippen LogP contribution in [-0.4, -0.2) is 18.4 Å². The Bertz CT molecular complexity index is 1090. The molecule has 0 aliphatic carbocycles. The van der Waals surface area contributed by atoms with Crippen molar-refractivity contribution >= 4 is 27.7 Å². The van der Waals surface area contributed by atoms with Gasteiger partial charge >= 0.3 is 0 Å². The van der Waals surface area contributed by atoms with Crippen molar-refractivity contribution in [2.45, 2.75) is 39.2 Å². The number of nitrogens with one attached hydrogen (secondary N) is 2. The third-order valence-electron chi connectivity index (χ3n) is 5.11. The first-order valence-electron chi connectivity index (χ1n) is 11.4. The Morgan fingerprint density at radius 1 is 0.794 bits per heavy atom. The van der Waals surface area contributed by atoms with Gasteiger partial charge in [-0.1, -0.05) is 68.7 Å². The van der Waals surface area contributed by atoms with Gasteiger partial charge in [-0.05, 0) is 58.2 Å². The van der Waals surface area contributed by atoms with Crippen LogP contribution in [0.3, 0.4) is 0 Å². The lowest BCUT2D eigenvalue weighted by Gasteiger charge is -2.13. The molecule has 6 nitrogen and oxygen atoms in total. The number of amides is 2. The zero-order valence-corrected chi connectivity index (χ0v) is 20.8. The van der Waals surface area contributed by atoms with Gasteiger partial charge in [-0.25, -0.2) is 0 Å². The van der Waals surface area contributed by atoms with E-state index in [9.17, 15) is 9.59 Å². The molecular weight excluding hydrogens is 496 g/mol. The number of hydrogen-bond acceptors (Lipinski definition) is 4. The van der Waals surface area contributed by atoms with Gasteiger partial charge < -0.3 is 9.47 Å². The molecule has 0 saturated carbocycles. The summed E-state index contributed by atoms with van der Waals surface area (Å²) < 4.78 is 12.3. The summed E-state index contributed by atoms with van der Waals surface area (Å²) in [7, 11) is 0. The maximum absolute atomic E-state index is 12.7. The lowest BCUT2D eigenvalue weighted by atomic mass is 10.2. The molecule has 0 saturated heterocycles. The van der Waals surface area contributed by atoms with Crippen LogP contribution < -0.4 is 20.3 Å². The molecule has 3 aromatic carbocycles. The van der Waals surface area contributed by atoms with Crippen LogP contribution >= 0.6 is 15.9 Å². The van der Waals surface area contributed by atoms with E-state index in [1.165, 1.54) is 12.8 Å². The monoisotopic (exact) mass is 524 g/mol. The molecule has 34 heavy (non-hydrogen) atoms. The molecule has 3 aromatic rings. The molecule has 2 N–H and O–H groups in total. The van der Waals surface area contributed by atoms with Crippen molar-refractivity contribution in [2.75, 3.05) is 6.61 Å². The second kappa shape index (κ2) is 13.4. The van der Waals surface area contributed by atoms with Crippen molar-refractivity contribution in [2.24, 2.45) is 0 Å². The first-order chi connectivity index (χ1) is 16.6. The normalized spacial score (nSPS) is 10.4. The van der Waals surface area contributed by atoms with E-state index in [0.29, 0.717) is 40.3 Å². The second-order valence-corrected chi connectivity index (χ2v) is 8.59. The van der Waals surface area contributed by atoms with Crippen molar-refractivity contribution in [1.82, 2.24) is 10.9 Å². The standard InChI is InChI=1S/C27H29BrN2O4/c1-2-3-4-10-17-33-25-16-15-21(18-23(25)28)26(31)29-30-27(32)22-13-8-9-14-24(22)34-19-20-11-6-5-7-12-20/h5-9,11-16,18H,2-4,10,17,19H2,1H3,(H,29,31)(H,30,32). The number of carbonyl (C=O) groups is 2. The van der Waals surface area contributed by atoms with E-state index >= 15 is 0 Å². The van der Waals surface area contributed by atoms with Crippen molar-refractivity contribution in [1.29, 1.82) is 0 Å². The van der Waals surface area contributed by atoms with Crippen molar-refractivity contribution in [3.05, 3.63) is 94.0 Å². The molecule has 178 valence electrons. The fraction of sp³-hybridized carbons (Fsp3) is 0.259. The molecule has 2 amide bonds. The number of hydrogen-bond donors (Lipinski definition) is 2. The summed E-state index contributed by atoms with van der Waals surface area (Å²) in [6, 6.07) is 21.6. The quantitative estimate of drug-likeness (QED) is 0.236. The van der Waals surface area contributed by atoms with Crippen LogP contribution in [0.1, 0.15) is 58.9 Å². The van der Waals surface area contributed by atoms with Gasteiger partial charge in [-0.2, -0.15) is 0 Å². The molecule has 0 radical (unpaired) electrons. The summed E-state index contributed by atoms with van der Waals surface area (Å²) in [6.45, 7) is 3.13. The maximum Gasteiger partial charge on any atom is 0.273 e. The fourth-order valence-corrected chi connectivity index (χ4v) is 3.73. The van der Waals surface area contributed by atoms with Gasteiger partial charge in [0.15, 0.2) is 0 Å². The molecule has 0 aliphatic heterocycles. The Morgan fingerprint density at radius 2 is 1.53 bits per heavy atom. The Hall–Kier alpha value is -3.32. The highest BCUT2D eigenvalue weighted by Crippen LogP contribution is 2.26. The lowest BCUT2D eigenvalue weighted by molar-refractivity contribution is 0.0844. The highest BCUT2D eigenvalue weighted by Gasteiger charge is 2.15. The molecular formula is C27H29BrN2O4. The average Bonchev–Trinajstić information content (AvgIpc) is 2.87. The number of carbonyl (C=O) groups excluding carboxylic acids is 2. The Labute approximate surface area is 208 Å². The average molecular weight is 525 g/mol. The van der Waals surface area contributed by atoms with E-state index < -0.39 is 11.8 Å². The highest BCUT2D eigenvalue weighted by atomic mass is 79.9. The Balaban J connectivity index is 1.54. The number of para-hydroxylation sites is 1. The molecule has 0 bridgehead atoms. The van der Waals surface area contributed by atoms with Gasteiger partial charge in [0.05, 0.1) is 16.6 Å². The molecule has 0 fully saturated rings. The van der Waals surface area contributed by atoms with Gasteiger partial charge in [-0.3, -0.25) is 20.4 Å². The van der Waals surface area contributed by atoms with E-state index in [2.05, 4.69) is 33.7 Å². The van der Waals surface area contributed by atoms with Gasteiger partial charge in [0.2, 0.25) is 0 Å². The summed E-state index contributed by atoms with van der Waals surface area (Å²) in [5.74, 6) is 0.206. The van der Waals surface area contributed by atoms with Crippen LogP contribution in [0, 0.1) is 0 Å². The van der Waals surface area contributed by atoms with Crippen LogP contribution in [0.4, 0.5) is 0 Å². The predicted octanol–water partition coefficient (Wildman–Crippen LogP) is 6.06. The topological polar surface area (TPSA) is 76.7 Å². The zero-order valence-electron chi connectivity index (χ0n) is 19.2. The van der Waals surface area contributed by atoms with Crippen LogP contribution in [0.15, 0.2) is 77.3 Å². The van der Waals surface area contributed by atoms with Crippen molar-refractivity contribution < 1.29 is 19.1 Å². The van der Waals surface area contributed by atoms with Gasteiger partial charge in [0.25, 0.3) is 11.8 Å². The molecule has 0 aliphatic rings. The maximum atomic E-state index is 12.7. The van der Waals surface area contributed by atoms with Crippen molar-refractivity contribution in [3.8, 4) is 11.5 Å². The SMILES string of the molecule is CCCCCCOc1ccc(C(=O)NNC(=O)c2ccccc2OCc2ccccc2)cc1Br. The van der Waals surface area contributed by atoms with Crippen LogP contribution in [0.2, 0.25) is 0 Å². The minimum atomic E-state index is -0.469. The Morgan fingerprint density at radius 3 is 2.29 bits per heavy atom. The van der Waals surface area contributed by atoms with E-state index in [-0.39, 0.29) is 0 Å². The number of unbranched alkanes of at least 4 members (excludes halogenated alkanes) is 3. The van der Waals surface area contributed by atoms with E-state index in [0.717, 1.165) is 18.4 Å². The molecule has 0 atom stereocenters. The summed E-state index contributed by atoms with van der Waals surface area (Å²) in [6.07, 6.45) is 4.50. The summed E-state index contributed by atoms with van der Waals surface area (Å²) in [5.41, 5.74) is 6.62. The smallest absolute Gasteiger partial charge is 0.273 e. The van der Waals surface area contributed by atoms with Crippen LogP contribution in [-0.2, 0) is 6.61 Å². The summed E-state index contributed by atoms with van der Waals surface area (Å²) in [4.78, 5) is 25.2. The van der Waals surface area contributed by atoms with Crippen molar-refractivity contribution in [3.63, 3.8) is 0 Å². The third-order valence-corrected chi connectivity index (χ3v) is 5.73. The van der Waals surface area contributed by atoms with E-state index in [1.807, 2.05) is 30.3 Å². The largest absolute Gasteiger partial charge is 0.492 e. The minimum Gasteiger partial charge on any atom is -0.492 e. The number of hydrazine groups is 1. The number of benzene rings is 3. The third kappa shape index (κ3) is 7.63. The molecule has 0 aromatic heterocycles. The number of rotatable bonds is 11. The van der Waals surface area contributed by atoms with Crippen LogP contribution in [0.5, 0.6) is 11.5 Å². The second-order valence-electron chi connectivity index (χ2n) is 7.73. The minimum absolute atomic E-state index is 0.326. The molecule has 0 spiro atoms. The van der Waals surface area contributed by atoms with E-state index in [4.69, 9.17) is 9.47 Å². The van der Waals surface area contributed by atoms with Gasteiger partial charge in [-0.15, -0.1) is 0 Å². The van der Waals surface area contributed by atoms with Gasteiger partial charge in [0.1, 0.15) is 18.1 Å². The molecule has 0 heterocycles. The highest BCUT2D eigenvalue weighted by molar-refractivity contribution is 9.10. The van der Waals surface area contributed by atoms with Crippen LogP contribution in [0.25, 0.3) is 0 Å². The Kier molecular flexibility index (Phi) is 9.98. The predicted molar refractivity (Wildman–Crippen MR) is 136 cm³/mol. The van der Waals surface area contributed by atoms with E-state index in [1.54, 1.807) is 42.5 Å². The first-order valence-corrected chi connectivity index (χ1v) is 12.2. The summed E-state index contributed by atoms with van der Waals surface area (Å²) in [5, 5.41) is 0. The molecule has 3 rings (SSSR count).